The molecule has 0 saturated carbocycles. The summed E-state index contributed by atoms with van der Waals surface area (Å²) in [6.07, 6.45) is 5.00. The Morgan fingerprint density at radius 1 is 0.941 bits per heavy atom. The van der Waals surface area contributed by atoms with Gasteiger partial charge in [0.25, 0.3) is 0 Å². The smallest absolute Gasteiger partial charge is 0.0654 e. The molecule has 0 rings (SSSR count). The van der Waals surface area contributed by atoms with E-state index in [-0.39, 0.29) is 5.60 Å². The zero-order chi connectivity index (χ0) is 13.5. The summed E-state index contributed by atoms with van der Waals surface area (Å²) in [5, 5.41) is 0. The Bertz CT molecular complexity index is 176. The average molecular weight is 242 g/mol. The van der Waals surface area contributed by atoms with E-state index < -0.39 is 0 Å². The Hall–Kier alpha value is -0.0400. The van der Waals surface area contributed by atoms with Crippen molar-refractivity contribution < 1.29 is 4.74 Å². The average Bonchev–Trinajstić information content (AvgIpc) is 2.15. The van der Waals surface area contributed by atoms with Crippen LogP contribution in [0.25, 0.3) is 0 Å². The SMILES string of the molecule is CCOC(C)(CC)CC(CC(C)C)CC(C)C. The molecule has 0 aromatic carbocycles. The number of rotatable bonds is 9. The first kappa shape index (κ1) is 17.0. The first-order valence-electron chi connectivity index (χ1n) is 7.46. The summed E-state index contributed by atoms with van der Waals surface area (Å²) in [5.41, 5.74) is 0.0865. The Morgan fingerprint density at radius 3 is 1.71 bits per heavy atom. The zero-order valence-electron chi connectivity index (χ0n) is 13.2. The Balaban J connectivity index is 4.47. The maximum Gasteiger partial charge on any atom is 0.0654 e. The molecule has 0 fully saturated rings. The number of hydrogen-bond acceptors (Lipinski definition) is 1. The van der Waals surface area contributed by atoms with Crippen LogP contribution in [-0.2, 0) is 4.74 Å². The molecule has 0 aromatic heterocycles. The Morgan fingerprint density at radius 2 is 1.41 bits per heavy atom. The van der Waals surface area contributed by atoms with Crippen LogP contribution in [0.2, 0.25) is 0 Å². The van der Waals surface area contributed by atoms with Crippen molar-refractivity contribution in [2.75, 3.05) is 6.61 Å². The quantitative estimate of drug-likeness (QED) is 0.534. The van der Waals surface area contributed by atoms with E-state index in [1.807, 2.05) is 0 Å². The fourth-order valence-electron chi connectivity index (χ4n) is 2.86. The third-order valence-corrected chi connectivity index (χ3v) is 3.57. The normalized spacial score (nSPS) is 15.9. The maximum absolute atomic E-state index is 5.97. The van der Waals surface area contributed by atoms with Gasteiger partial charge in [-0.15, -0.1) is 0 Å². The van der Waals surface area contributed by atoms with Gasteiger partial charge in [0.2, 0.25) is 0 Å². The highest BCUT2D eigenvalue weighted by Gasteiger charge is 2.27. The van der Waals surface area contributed by atoms with E-state index in [1.54, 1.807) is 0 Å². The minimum Gasteiger partial charge on any atom is -0.376 e. The summed E-state index contributed by atoms with van der Waals surface area (Å²) in [4.78, 5) is 0. The molecule has 0 spiro atoms. The summed E-state index contributed by atoms with van der Waals surface area (Å²) in [6, 6.07) is 0. The van der Waals surface area contributed by atoms with E-state index in [9.17, 15) is 0 Å². The topological polar surface area (TPSA) is 9.23 Å². The lowest BCUT2D eigenvalue weighted by Gasteiger charge is -2.34. The van der Waals surface area contributed by atoms with Gasteiger partial charge in [-0.3, -0.25) is 0 Å². The highest BCUT2D eigenvalue weighted by molar-refractivity contribution is 4.79. The summed E-state index contributed by atoms with van der Waals surface area (Å²) in [5.74, 6) is 2.40. The van der Waals surface area contributed by atoms with Crippen molar-refractivity contribution in [3.63, 3.8) is 0 Å². The van der Waals surface area contributed by atoms with Gasteiger partial charge in [-0.1, -0.05) is 34.6 Å². The van der Waals surface area contributed by atoms with Gasteiger partial charge < -0.3 is 4.74 Å². The van der Waals surface area contributed by atoms with Gasteiger partial charge in [-0.25, -0.2) is 0 Å². The lowest BCUT2D eigenvalue weighted by Crippen LogP contribution is -2.31. The van der Waals surface area contributed by atoms with Crippen LogP contribution >= 0.6 is 0 Å². The van der Waals surface area contributed by atoms with Crippen molar-refractivity contribution in [3.05, 3.63) is 0 Å². The lowest BCUT2D eigenvalue weighted by atomic mass is 9.80. The second-order valence-corrected chi connectivity index (χ2v) is 6.57. The molecule has 0 aliphatic carbocycles. The monoisotopic (exact) mass is 242 g/mol. The first-order chi connectivity index (χ1) is 7.83. The largest absolute Gasteiger partial charge is 0.376 e. The minimum absolute atomic E-state index is 0.0865. The summed E-state index contributed by atoms with van der Waals surface area (Å²) in [6.45, 7) is 16.8. The molecule has 104 valence electrons. The van der Waals surface area contributed by atoms with Crippen LogP contribution in [-0.4, -0.2) is 12.2 Å². The molecule has 0 N–H and O–H groups in total. The molecular weight excluding hydrogens is 208 g/mol. The second-order valence-electron chi connectivity index (χ2n) is 6.57. The fraction of sp³-hybridized carbons (Fsp3) is 1.00. The van der Waals surface area contributed by atoms with Gasteiger partial charge in [0, 0.05) is 6.61 Å². The maximum atomic E-state index is 5.97. The van der Waals surface area contributed by atoms with E-state index in [2.05, 4.69) is 48.5 Å². The summed E-state index contributed by atoms with van der Waals surface area (Å²) >= 11 is 0. The van der Waals surface area contributed by atoms with E-state index >= 15 is 0 Å². The molecule has 0 heterocycles. The highest BCUT2D eigenvalue weighted by atomic mass is 16.5. The molecule has 0 bridgehead atoms. The molecule has 1 atom stereocenters. The van der Waals surface area contributed by atoms with E-state index in [1.165, 1.54) is 19.3 Å². The van der Waals surface area contributed by atoms with Crippen LogP contribution in [0.15, 0.2) is 0 Å². The molecule has 17 heavy (non-hydrogen) atoms. The van der Waals surface area contributed by atoms with Crippen molar-refractivity contribution in [3.8, 4) is 0 Å². The Labute approximate surface area is 109 Å². The predicted octanol–water partition coefficient (Wildman–Crippen LogP) is 5.29. The predicted molar refractivity (Wildman–Crippen MR) is 77.3 cm³/mol. The molecule has 0 aliphatic rings. The third-order valence-electron chi connectivity index (χ3n) is 3.57. The van der Waals surface area contributed by atoms with Gasteiger partial charge in [0.15, 0.2) is 0 Å². The highest BCUT2D eigenvalue weighted by Crippen LogP contribution is 2.32. The molecule has 0 aromatic rings. The van der Waals surface area contributed by atoms with Crippen molar-refractivity contribution in [1.29, 1.82) is 0 Å². The van der Waals surface area contributed by atoms with Gasteiger partial charge in [-0.2, -0.15) is 0 Å². The van der Waals surface area contributed by atoms with E-state index in [0.717, 1.165) is 30.8 Å². The van der Waals surface area contributed by atoms with Crippen LogP contribution < -0.4 is 0 Å². The van der Waals surface area contributed by atoms with Gasteiger partial charge in [0.05, 0.1) is 5.60 Å². The summed E-state index contributed by atoms with van der Waals surface area (Å²) in [7, 11) is 0. The van der Waals surface area contributed by atoms with Crippen molar-refractivity contribution >= 4 is 0 Å². The standard InChI is InChI=1S/C16H34O/c1-8-16(7,17-9-2)12-15(10-13(3)4)11-14(5)6/h13-15H,8-12H2,1-7H3. The fourth-order valence-corrected chi connectivity index (χ4v) is 2.86. The van der Waals surface area contributed by atoms with E-state index in [4.69, 9.17) is 4.74 Å². The van der Waals surface area contributed by atoms with Crippen LogP contribution in [0.3, 0.4) is 0 Å². The minimum atomic E-state index is 0.0865. The van der Waals surface area contributed by atoms with Gasteiger partial charge in [-0.05, 0) is 57.3 Å². The third kappa shape index (κ3) is 7.81. The van der Waals surface area contributed by atoms with Crippen molar-refractivity contribution in [1.82, 2.24) is 0 Å². The van der Waals surface area contributed by atoms with Crippen molar-refractivity contribution in [2.45, 2.75) is 79.8 Å². The van der Waals surface area contributed by atoms with E-state index in [0.29, 0.717) is 0 Å². The molecule has 0 aliphatic heterocycles. The van der Waals surface area contributed by atoms with Crippen LogP contribution in [0.1, 0.15) is 74.1 Å². The summed E-state index contributed by atoms with van der Waals surface area (Å²) < 4.78 is 5.97. The van der Waals surface area contributed by atoms with Crippen LogP contribution in [0.4, 0.5) is 0 Å². The van der Waals surface area contributed by atoms with Crippen molar-refractivity contribution in [2.24, 2.45) is 17.8 Å². The first-order valence-corrected chi connectivity index (χ1v) is 7.46. The lowest BCUT2D eigenvalue weighted by molar-refractivity contribution is -0.0478. The van der Waals surface area contributed by atoms with Gasteiger partial charge >= 0.3 is 0 Å². The van der Waals surface area contributed by atoms with Gasteiger partial charge in [0.1, 0.15) is 0 Å². The van der Waals surface area contributed by atoms with Crippen LogP contribution in [0, 0.1) is 17.8 Å². The Kier molecular flexibility index (Phi) is 8.11. The number of hydrogen-bond donors (Lipinski definition) is 0. The zero-order valence-corrected chi connectivity index (χ0v) is 13.2. The number of ether oxygens (including phenoxy) is 1. The van der Waals surface area contributed by atoms with Crippen LogP contribution in [0.5, 0.6) is 0 Å². The molecule has 1 heteroatoms. The molecule has 0 saturated heterocycles. The molecule has 1 nitrogen and oxygen atoms in total. The molecular formula is C16H34O. The second kappa shape index (κ2) is 8.13. The molecule has 1 unspecified atom stereocenters. The molecule has 0 amide bonds. The molecule has 0 radical (unpaired) electrons.